The van der Waals surface area contributed by atoms with Crippen molar-refractivity contribution in [2.24, 2.45) is 0 Å². The molecule has 0 unspecified atom stereocenters. The van der Waals surface area contributed by atoms with Gasteiger partial charge >= 0.3 is 0 Å². The SMILES string of the molecule is CCc1ccccc1O[C@@H](C)C(=O)Nc1ccccc1Br. The van der Waals surface area contributed by atoms with Gasteiger partial charge in [0.1, 0.15) is 5.75 Å². The van der Waals surface area contributed by atoms with Crippen LogP contribution >= 0.6 is 15.9 Å². The molecular weight excluding hydrogens is 330 g/mol. The molecule has 1 atom stereocenters. The molecule has 0 aliphatic rings. The lowest BCUT2D eigenvalue weighted by atomic mass is 10.1. The third-order valence-corrected chi connectivity index (χ3v) is 3.85. The molecule has 0 heterocycles. The predicted molar refractivity (Wildman–Crippen MR) is 88.7 cm³/mol. The Morgan fingerprint density at radius 1 is 1.19 bits per heavy atom. The third-order valence-electron chi connectivity index (χ3n) is 3.16. The van der Waals surface area contributed by atoms with Crippen LogP contribution < -0.4 is 10.1 Å². The zero-order valence-electron chi connectivity index (χ0n) is 12.1. The van der Waals surface area contributed by atoms with Gasteiger partial charge in [0.15, 0.2) is 6.10 Å². The van der Waals surface area contributed by atoms with E-state index in [1.54, 1.807) is 6.92 Å². The Bertz CT molecular complexity index is 628. The number of aryl methyl sites for hydroxylation is 1. The van der Waals surface area contributed by atoms with Gasteiger partial charge in [-0.3, -0.25) is 4.79 Å². The minimum Gasteiger partial charge on any atom is -0.481 e. The maximum atomic E-state index is 12.2. The fraction of sp³-hybridized carbons (Fsp3) is 0.235. The average Bonchev–Trinajstić information content (AvgIpc) is 2.50. The van der Waals surface area contributed by atoms with Crippen LogP contribution in [0.5, 0.6) is 5.75 Å². The number of nitrogens with one attached hydrogen (secondary N) is 1. The van der Waals surface area contributed by atoms with E-state index >= 15 is 0 Å². The van der Waals surface area contributed by atoms with Gasteiger partial charge in [0.2, 0.25) is 0 Å². The van der Waals surface area contributed by atoms with E-state index in [0.29, 0.717) is 0 Å². The van der Waals surface area contributed by atoms with Crippen molar-refractivity contribution in [1.29, 1.82) is 0 Å². The molecule has 2 aromatic rings. The van der Waals surface area contributed by atoms with E-state index in [-0.39, 0.29) is 5.91 Å². The number of benzene rings is 2. The van der Waals surface area contributed by atoms with Crippen LogP contribution in [-0.2, 0) is 11.2 Å². The fourth-order valence-electron chi connectivity index (χ4n) is 1.95. The Kier molecular flexibility index (Phi) is 5.39. The highest BCUT2D eigenvalue weighted by molar-refractivity contribution is 9.10. The van der Waals surface area contributed by atoms with Crippen molar-refractivity contribution in [2.45, 2.75) is 26.4 Å². The molecule has 4 heteroatoms. The van der Waals surface area contributed by atoms with Gasteiger partial charge in [-0.05, 0) is 53.0 Å². The molecule has 21 heavy (non-hydrogen) atoms. The molecule has 0 radical (unpaired) electrons. The topological polar surface area (TPSA) is 38.3 Å². The summed E-state index contributed by atoms with van der Waals surface area (Å²) in [5, 5.41) is 2.86. The normalized spacial score (nSPS) is 11.8. The number of carbonyl (C=O) groups excluding carboxylic acids is 1. The van der Waals surface area contributed by atoms with Crippen LogP contribution in [0.1, 0.15) is 19.4 Å². The molecule has 2 rings (SSSR count). The van der Waals surface area contributed by atoms with Crippen LogP contribution in [0.2, 0.25) is 0 Å². The zero-order valence-corrected chi connectivity index (χ0v) is 13.7. The monoisotopic (exact) mass is 347 g/mol. The molecule has 1 amide bonds. The summed E-state index contributed by atoms with van der Waals surface area (Å²) in [6.45, 7) is 3.81. The molecule has 0 aliphatic heterocycles. The van der Waals surface area contributed by atoms with E-state index in [1.807, 2.05) is 48.5 Å². The summed E-state index contributed by atoms with van der Waals surface area (Å²) < 4.78 is 6.63. The molecule has 0 fully saturated rings. The van der Waals surface area contributed by atoms with Crippen LogP contribution in [0.15, 0.2) is 53.0 Å². The molecule has 0 aliphatic carbocycles. The van der Waals surface area contributed by atoms with Crippen LogP contribution in [-0.4, -0.2) is 12.0 Å². The smallest absolute Gasteiger partial charge is 0.265 e. The molecule has 0 spiro atoms. The molecule has 0 saturated heterocycles. The maximum absolute atomic E-state index is 12.2. The van der Waals surface area contributed by atoms with Gasteiger partial charge in [-0.2, -0.15) is 0 Å². The number of ether oxygens (including phenoxy) is 1. The molecule has 0 aromatic heterocycles. The summed E-state index contributed by atoms with van der Waals surface area (Å²) in [6.07, 6.45) is 0.305. The first-order valence-electron chi connectivity index (χ1n) is 6.91. The van der Waals surface area contributed by atoms with E-state index < -0.39 is 6.10 Å². The summed E-state index contributed by atoms with van der Waals surface area (Å²) in [5.41, 5.74) is 1.83. The zero-order chi connectivity index (χ0) is 15.2. The van der Waals surface area contributed by atoms with E-state index in [2.05, 4.69) is 28.2 Å². The lowest BCUT2D eigenvalue weighted by Crippen LogP contribution is -2.30. The highest BCUT2D eigenvalue weighted by atomic mass is 79.9. The first-order chi connectivity index (χ1) is 10.1. The lowest BCUT2D eigenvalue weighted by molar-refractivity contribution is -0.122. The first kappa shape index (κ1) is 15.6. The molecular formula is C17H18BrNO2. The minimum atomic E-state index is -0.565. The second-order valence-corrected chi connectivity index (χ2v) is 5.54. The summed E-state index contributed by atoms with van der Waals surface area (Å²) in [6, 6.07) is 15.3. The average molecular weight is 348 g/mol. The van der Waals surface area contributed by atoms with Crippen LogP contribution in [0.25, 0.3) is 0 Å². The minimum absolute atomic E-state index is 0.173. The second-order valence-electron chi connectivity index (χ2n) is 4.69. The largest absolute Gasteiger partial charge is 0.481 e. The van der Waals surface area contributed by atoms with E-state index in [9.17, 15) is 4.79 Å². The quantitative estimate of drug-likeness (QED) is 0.869. The van der Waals surface area contributed by atoms with Gasteiger partial charge < -0.3 is 10.1 Å². The highest BCUT2D eigenvalue weighted by Crippen LogP contribution is 2.23. The Balaban J connectivity index is 2.05. The highest BCUT2D eigenvalue weighted by Gasteiger charge is 2.16. The number of hydrogen-bond acceptors (Lipinski definition) is 2. The van der Waals surface area contributed by atoms with E-state index in [4.69, 9.17) is 4.74 Å². The number of para-hydroxylation sites is 2. The van der Waals surface area contributed by atoms with Crippen molar-refractivity contribution in [2.75, 3.05) is 5.32 Å². The second kappa shape index (κ2) is 7.27. The Morgan fingerprint density at radius 3 is 2.57 bits per heavy atom. The third kappa shape index (κ3) is 4.08. The summed E-state index contributed by atoms with van der Waals surface area (Å²) >= 11 is 3.41. The first-order valence-corrected chi connectivity index (χ1v) is 7.71. The fourth-order valence-corrected chi connectivity index (χ4v) is 2.34. The van der Waals surface area contributed by atoms with Gasteiger partial charge in [-0.15, -0.1) is 0 Å². The molecule has 0 bridgehead atoms. The molecule has 0 saturated carbocycles. The lowest BCUT2D eigenvalue weighted by Gasteiger charge is -2.17. The standard InChI is InChI=1S/C17H18BrNO2/c1-3-13-8-4-7-11-16(13)21-12(2)17(20)19-15-10-6-5-9-14(15)18/h4-12H,3H2,1-2H3,(H,19,20)/t12-/m0/s1. The predicted octanol–water partition coefficient (Wildman–Crippen LogP) is 4.42. The van der Waals surface area contributed by atoms with Gasteiger partial charge in [0, 0.05) is 4.47 Å². The van der Waals surface area contributed by atoms with Crippen molar-refractivity contribution >= 4 is 27.5 Å². The number of hydrogen-bond donors (Lipinski definition) is 1. The summed E-state index contributed by atoms with van der Waals surface area (Å²) in [4.78, 5) is 12.2. The maximum Gasteiger partial charge on any atom is 0.265 e. The molecule has 2 aromatic carbocycles. The van der Waals surface area contributed by atoms with Gasteiger partial charge in [-0.1, -0.05) is 37.3 Å². The molecule has 3 nitrogen and oxygen atoms in total. The number of amides is 1. The van der Waals surface area contributed by atoms with Gasteiger partial charge in [0.25, 0.3) is 5.91 Å². The summed E-state index contributed by atoms with van der Waals surface area (Å²) in [5.74, 6) is 0.586. The Labute approximate surface area is 133 Å². The summed E-state index contributed by atoms with van der Waals surface area (Å²) in [7, 11) is 0. The number of carbonyl (C=O) groups is 1. The van der Waals surface area contributed by atoms with Crippen LogP contribution in [0.4, 0.5) is 5.69 Å². The van der Waals surface area contributed by atoms with Crippen molar-refractivity contribution in [3.63, 3.8) is 0 Å². The van der Waals surface area contributed by atoms with Crippen LogP contribution in [0.3, 0.4) is 0 Å². The van der Waals surface area contributed by atoms with Crippen molar-refractivity contribution < 1.29 is 9.53 Å². The number of rotatable bonds is 5. The van der Waals surface area contributed by atoms with Crippen LogP contribution in [0, 0.1) is 0 Å². The molecule has 1 N–H and O–H groups in total. The Hall–Kier alpha value is -1.81. The van der Waals surface area contributed by atoms with E-state index in [1.165, 1.54) is 0 Å². The van der Waals surface area contributed by atoms with E-state index in [0.717, 1.165) is 27.9 Å². The number of halogens is 1. The van der Waals surface area contributed by atoms with Crippen molar-refractivity contribution in [1.82, 2.24) is 0 Å². The number of anilines is 1. The van der Waals surface area contributed by atoms with Crippen molar-refractivity contribution in [3.8, 4) is 5.75 Å². The Morgan fingerprint density at radius 2 is 1.86 bits per heavy atom. The van der Waals surface area contributed by atoms with Gasteiger partial charge in [-0.25, -0.2) is 0 Å². The van der Waals surface area contributed by atoms with Crippen molar-refractivity contribution in [3.05, 3.63) is 58.6 Å². The molecule has 110 valence electrons. The van der Waals surface area contributed by atoms with Gasteiger partial charge in [0.05, 0.1) is 5.69 Å².